The van der Waals surface area contributed by atoms with Crippen LogP contribution >= 0.6 is 0 Å². The molecule has 0 spiro atoms. The molecule has 1 amide bonds. The minimum atomic E-state index is -3.42. The predicted molar refractivity (Wildman–Crippen MR) is 96.2 cm³/mol. The number of para-hydroxylation sites is 1. The van der Waals surface area contributed by atoms with E-state index in [-0.39, 0.29) is 17.2 Å². The van der Waals surface area contributed by atoms with Crippen molar-refractivity contribution in [2.45, 2.75) is 37.0 Å². The van der Waals surface area contributed by atoms with Crippen LogP contribution in [-0.4, -0.2) is 52.6 Å². The van der Waals surface area contributed by atoms with Gasteiger partial charge in [0.2, 0.25) is 10.0 Å². The van der Waals surface area contributed by atoms with Crippen LogP contribution in [0.4, 0.5) is 5.69 Å². The average Bonchev–Trinajstić information content (AvgIpc) is 3.38. The van der Waals surface area contributed by atoms with Crippen LogP contribution in [0.1, 0.15) is 42.1 Å². The van der Waals surface area contributed by atoms with Crippen molar-refractivity contribution in [3.05, 3.63) is 42.2 Å². The Morgan fingerprint density at radius 2 is 1.85 bits per heavy atom. The van der Waals surface area contributed by atoms with Crippen LogP contribution in [0, 0.1) is 0 Å². The summed E-state index contributed by atoms with van der Waals surface area (Å²) in [4.78, 5) is 16.4. The monoisotopic (exact) mass is 375 g/mol. The van der Waals surface area contributed by atoms with Crippen LogP contribution in [0.25, 0.3) is 0 Å². The molecule has 1 aromatic carbocycles. The summed E-state index contributed by atoms with van der Waals surface area (Å²) in [5.41, 5.74) is 0.731. The molecule has 1 N–H and O–H groups in total. The lowest BCUT2D eigenvalue weighted by Crippen LogP contribution is -2.41. The van der Waals surface area contributed by atoms with Gasteiger partial charge in [0.25, 0.3) is 5.91 Å². The van der Waals surface area contributed by atoms with Gasteiger partial charge in [-0.05, 0) is 37.8 Å². The third-order valence-electron chi connectivity index (χ3n) is 4.82. The molecule has 138 valence electrons. The standard InChI is InChI=1S/C17H21N5O3S/c23-17(21-11-3-4-13(12-21)22-18-9-10-19-22)15-5-1-2-6-16(15)20-26(24,25)14-7-8-14/h1-2,5-6,9-10,13-14,20H,3-4,7-8,11-12H2. The molecular formula is C17H21N5O3S. The molecule has 2 fully saturated rings. The molecule has 9 heteroatoms. The molecule has 1 saturated heterocycles. The maximum absolute atomic E-state index is 13.0. The Morgan fingerprint density at radius 3 is 2.58 bits per heavy atom. The highest BCUT2D eigenvalue weighted by Gasteiger charge is 2.36. The van der Waals surface area contributed by atoms with Gasteiger partial charge in [-0.3, -0.25) is 9.52 Å². The highest BCUT2D eigenvalue weighted by molar-refractivity contribution is 7.93. The van der Waals surface area contributed by atoms with Crippen molar-refractivity contribution < 1.29 is 13.2 Å². The first-order valence-corrected chi connectivity index (χ1v) is 10.3. The van der Waals surface area contributed by atoms with Gasteiger partial charge in [0.15, 0.2) is 0 Å². The number of nitrogens with one attached hydrogen (secondary N) is 1. The number of hydrogen-bond acceptors (Lipinski definition) is 5. The summed E-state index contributed by atoms with van der Waals surface area (Å²) in [5.74, 6) is -0.170. The molecule has 2 aliphatic rings. The largest absolute Gasteiger partial charge is 0.336 e. The maximum atomic E-state index is 13.0. The molecule has 0 bridgehead atoms. The van der Waals surface area contributed by atoms with Gasteiger partial charge in [0, 0.05) is 13.1 Å². The van der Waals surface area contributed by atoms with E-state index < -0.39 is 10.0 Å². The van der Waals surface area contributed by atoms with Crippen LogP contribution in [0.3, 0.4) is 0 Å². The molecule has 1 aliphatic carbocycles. The smallest absolute Gasteiger partial charge is 0.256 e. The Kier molecular flexibility index (Phi) is 4.39. The van der Waals surface area contributed by atoms with E-state index in [4.69, 9.17) is 0 Å². The molecule has 1 aromatic heterocycles. The highest BCUT2D eigenvalue weighted by Crippen LogP contribution is 2.31. The van der Waals surface area contributed by atoms with Crippen molar-refractivity contribution >= 4 is 21.6 Å². The summed E-state index contributed by atoms with van der Waals surface area (Å²) in [6, 6.07) is 6.83. The van der Waals surface area contributed by atoms with Crippen LogP contribution in [-0.2, 0) is 10.0 Å². The fourth-order valence-electron chi connectivity index (χ4n) is 3.29. The van der Waals surface area contributed by atoms with Gasteiger partial charge in [-0.1, -0.05) is 12.1 Å². The zero-order valence-corrected chi connectivity index (χ0v) is 15.1. The average molecular weight is 375 g/mol. The van der Waals surface area contributed by atoms with Crippen molar-refractivity contribution in [2.75, 3.05) is 17.8 Å². The van der Waals surface area contributed by atoms with E-state index in [0.717, 1.165) is 12.8 Å². The molecule has 2 aromatic rings. The predicted octanol–water partition coefficient (Wildman–Crippen LogP) is 1.66. The number of nitrogens with zero attached hydrogens (tertiary/aromatic N) is 4. The van der Waals surface area contributed by atoms with Gasteiger partial charge < -0.3 is 4.90 Å². The summed E-state index contributed by atoms with van der Waals surface area (Å²) in [5, 5.41) is 8.01. The number of piperidine rings is 1. The molecule has 0 radical (unpaired) electrons. The van der Waals surface area contributed by atoms with E-state index in [2.05, 4.69) is 14.9 Å². The minimum Gasteiger partial charge on any atom is -0.336 e. The zero-order valence-electron chi connectivity index (χ0n) is 14.3. The van der Waals surface area contributed by atoms with Gasteiger partial charge in [0.05, 0.1) is 34.9 Å². The van der Waals surface area contributed by atoms with E-state index in [1.54, 1.807) is 46.4 Å². The molecule has 1 aliphatic heterocycles. The van der Waals surface area contributed by atoms with Crippen LogP contribution in [0.15, 0.2) is 36.7 Å². The van der Waals surface area contributed by atoms with E-state index in [1.165, 1.54) is 0 Å². The topological polar surface area (TPSA) is 97.2 Å². The summed E-state index contributed by atoms with van der Waals surface area (Å²) in [7, 11) is -3.42. The lowest BCUT2D eigenvalue weighted by Gasteiger charge is -2.32. The Bertz CT molecular complexity index is 893. The molecule has 4 rings (SSSR count). The second kappa shape index (κ2) is 6.71. The van der Waals surface area contributed by atoms with Gasteiger partial charge >= 0.3 is 0 Å². The third kappa shape index (κ3) is 3.44. The summed E-state index contributed by atoms with van der Waals surface area (Å²) >= 11 is 0. The number of amides is 1. The van der Waals surface area contributed by atoms with Crippen LogP contribution in [0.2, 0.25) is 0 Å². The van der Waals surface area contributed by atoms with E-state index in [1.807, 2.05) is 0 Å². The number of carbonyl (C=O) groups is 1. The molecule has 8 nitrogen and oxygen atoms in total. The lowest BCUT2D eigenvalue weighted by atomic mass is 10.0. The number of hydrogen-bond donors (Lipinski definition) is 1. The molecule has 1 atom stereocenters. The van der Waals surface area contributed by atoms with Gasteiger partial charge in [-0.15, -0.1) is 0 Å². The van der Waals surface area contributed by atoms with Gasteiger partial charge in [-0.2, -0.15) is 15.0 Å². The highest BCUT2D eigenvalue weighted by atomic mass is 32.2. The first kappa shape index (κ1) is 17.0. The Morgan fingerprint density at radius 1 is 1.12 bits per heavy atom. The second-order valence-corrected chi connectivity index (χ2v) is 8.75. The SMILES string of the molecule is O=C(c1ccccc1NS(=O)(=O)C1CC1)N1CCCC(n2nccn2)C1. The fraction of sp³-hybridized carbons (Fsp3) is 0.471. The minimum absolute atomic E-state index is 0.0398. The Balaban J connectivity index is 1.54. The number of rotatable bonds is 5. The Hall–Kier alpha value is -2.42. The molecule has 2 heterocycles. The van der Waals surface area contributed by atoms with Crippen molar-refractivity contribution in [3.8, 4) is 0 Å². The van der Waals surface area contributed by atoms with Crippen molar-refractivity contribution in [3.63, 3.8) is 0 Å². The number of sulfonamides is 1. The normalized spacial score (nSPS) is 20.8. The first-order chi connectivity index (χ1) is 12.5. The summed E-state index contributed by atoms with van der Waals surface area (Å²) in [6.07, 6.45) is 6.38. The third-order valence-corrected chi connectivity index (χ3v) is 6.67. The van der Waals surface area contributed by atoms with E-state index in [9.17, 15) is 13.2 Å². The number of likely N-dealkylation sites (tertiary alicyclic amines) is 1. The van der Waals surface area contributed by atoms with Gasteiger partial charge in [-0.25, -0.2) is 8.42 Å². The van der Waals surface area contributed by atoms with Crippen molar-refractivity contribution in [1.82, 2.24) is 19.9 Å². The van der Waals surface area contributed by atoms with Crippen LogP contribution < -0.4 is 4.72 Å². The summed E-state index contributed by atoms with van der Waals surface area (Å²) < 4.78 is 27.1. The van der Waals surface area contributed by atoms with Crippen molar-refractivity contribution in [1.29, 1.82) is 0 Å². The maximum Gasteiger partial charge on any atom is 0.256 e. The zero-order chi connectivity index (χ0) is 18.1. The van der Waals surface area contributed by atoms with E-state index >= 15 is 0 Å². The molecule has 26 heavy (non-hydrogen) atoms. The molecule has 1 saturated carbocycles. The van der Waals surface area contributed by atoms with E-state index in [0.29, 0.717) is 37.2 Å². The second-order valence-electron chi connectivity index (χ2n) is 6.79. The molecular weight excluding hydrogens is 354 g/mol. The molecule has 1 unspecified atom stereocenters. The number of benzene rings is 1. The fourth-order valence-corrected chi connectivity index (χ4v) is 4.69. The van der Waals surface area contributed by atoms with Crippen molar-refractivity contribution in [2.24, 2.45) is 0 Å². The van der Waals surface area contributed by atoms with Gasteiger partial charge in [0.1, 0.15) is 0 Å². The first-order valence-electron chi connectivity index (χ1n) is 8.80. The summed E-state index contributed by atoms with van der Waals surface area (Å²) in [6.45, 7) is 1.15. The lowest BCUT2D eigenvalue weighted by molar-refractivity contribution is 0.0665. The number of carbonyl (C=O) groups excluding carboxylic acids is 1. The Labute approximate surface area is 152 Å². The quantitative estimate of drug-likeness (QED) is 0.857. The van der Waals surface area contributed by atoms with Crippen LogP contribution in [0.5, 0.6) is 0 Å². The number of anilines is 1. The number of aromatic nitrogens is 3.